The summed E-state index contributed by atoms with van der Waals surface area (Å²) in [5.74, 6) is 0.550. The maximum atomic E-state index is 12.2. The zero-order valence-corrected chi connectivity index (χ0v) is 14.0. The molecule has 1 N–H and O–H groups in total. The third-order valence-corrected chi connectivity index (χ3v) is 5.49. The minimum Gasteiger partial charge on any atom is -0.492 e. The van der Waals surface area contributed by atoms with Gasteiger partial charge in [-0.1, -0.05) is 6.92 Å². The topological polar surface area (TPSA) is 81.7 Å². The first-order valence-electron chi connectivity index (χ1n) is 7.29. The number of carbonyl (C=O) groups is 1. The van der Waals surface area contributed by atoms with Crippen molar-refractivity contribution in [1.29, 1.82) is 0 Å². The lowest BCUT2D eigenvalue weighted by molar-refractivity contribution is 0.150. The predicted octanol–water partition coefficient (Wildman–Crippen LogP) is 2.38. The average molecular weight is 329 g/mol. The van der Waals surface area contributed by atoms with Gasteiger partial charge in [-0.15, -0.1) is 0 Å². The van der Waals surface area contributed by atoms with E-state index in [2.05, 4.69) is 5.32 Å². The fourth-order valence-corrected chi connectivity index (χ4v) is 3.10. The summed E-state index contributed by atoms with van der Waals surface area (Å²) in [5.41, 5.74) is 0. The maximum absolute atomic E-state index is 12.2. The second-order valence-corrected chi connectivity index (χ2v) is 7.10. The van der Waals surface area contributed by atoms with Crippen molar-refractivity contribution in [3.63, 3.8) is 0 Å². The maximum Gasteiger partial charge on any atom is 0.407 e. The van der Waals surface area contributed by atoms with Crippen LogP contribution < -0.4 is 10.1 Å². The molecule has 0 saturated heterocycles. The number of amides is 1. The molecule has 1 aromatic carbocycles. The smallest absolute Gasteiger partial charge is 0.407 e. The number of benzene rings is 1. The van der Waals surface area contributed by atoms with Gasteiger partial charge in [0.15, 0.2) is 9.84 Å². The Morgan fingerprint density at radius 1 is 1.23 bits per heavy atom. The molecule has 0 saturated carbocycles. The molecule has 0 spiro atoms. The zero-order chi connectivity index (χ0) is 16.6. The number of hydrogen-bond donors (Lipinski definition) is 1. The Labute approximate surface area is 131 Å². The lowest BCUT2D eigenvalue weighted by Gasteiger charge is -2.12. The standard InChI is InChI=1S/C15H23NO5S/c1-4-12(3)22(18,19)14-8-6-13(7-9-14)21-11-10-16-15(17)20-5-2/h6-9,12H,4-5,10-11H2,1-3H3,(H,16,17). The molecule has 1 rings (SSSR count). The van der Waals surface area contributed by atoms with Gasteiger partial charge in [0, 0.05) is 0 Å². The molecule has 1 atom stereocenters. The van der Waals surface area contributed by atoms with E-state index in [9.17, 15) is 13.2 Å². The highest BCUT2D eigenvalue weighted by molar-refractivity contribution is 7.92. The van der Waals surface area contributed by atoms with Gasteiger partial charge in [0.2, 0.25) is 0 Å². The van der Waals surface area contributed by atoms with Crippen LogP contribution >= 0.6 is 0 Å². The molecule has 0 radical (unpaired) electrons. The van der Waals surface area contributed by atoms with Crippen LogP contribution in [0.3, 0.4) is 0 Å². The van der Waals surface area contributed by atoms with Crippen molar-refractivity contribution in [1.82, 2.24) is 5.32 Å². The predicted molar refractivity (Wildman–Crippen MR) is 83.9 cm³/mol. The van der Waals surface area contributed by atoms with Gasteiger partial charge < -0.3 is 14.8 Å². The lowest BCUT2D eigenvalue weighted by Crippen LogP contribution is -2.28. The average Bonchev–Trinajstić information content (AvgIpc) is 2.51. The summed E-state index contributed by atoms with van der Waals surface area (Å²) < 4.78 is 34.5. The third kappa shape index (κ3) is 5.22. The fourth-order valence-electron chi connectivity index (χ4n) is 1.68. The number of ether oxygens (including phenoxy) is 2. The number of hydrogen-bond acceptors (Lipinski definition) is 5. The molecule has 22 heavy (non-hydrogen) atoms. The third-order valence-electron chi connectivity index (χ3n) is 3.17. The zero-order valence-electron chi connectivity index (χ0n) is 13.2. The Morgan fingerprint density at radius 3 is 2.41 bits per heavy atom. The summed E-state index contributed by atoms with van der Waals surface area (Å²) in [6, 6.07) is 6.30. The number of carbonyl (C=O) groups excluding carboxylic acids is 1. The van der Waals surface area contributed by atoms with E-state index in [0.29, 0.717) is 30.2 Å². The molecule has 1 unspecified atom stereocenters. The lowest BCUT2D eigenvalue weighted by atomic mass is 10.3. The molecule has 1 amide bonds. The summed E-state index contributed by atoms with van der Waals surface area (Å²) in [5, 5.41) is 2.12. The van der Waals surface area contributed by atoms with E-state index in [1.54, 1.807) is 26.0 Å². The highest BCUT2D eigenvalue weighted by Crippen LogP contribution is 2.21. The van der Waals surface area contributed by atoms with Crippen molar-refractivity contribution in [2.24, 2.45) is 0 Å². The number of sulfone groups is 1. The Morgan fingerprint density at radius 2 is 1.86 bits per heavy atom. The second kappa shape index (κ2) is 8.63. The molecule has 0 aromatic heterocycles. The molecular weight excluding hydrogens is 306 g/mol. The van der Waals surface area contributed by atoms with E-state index in [4.69, 9.17) is 9.47 Å². The van der Waals surface area contributed by atoms with Crippen LogP contribution in [0.1, 0.15) is 27.2 Å². The summed E-state index contributed by atoms with van der Waals surface area (Å²) in [6.45, 7) is 6.17. The molecule has 6 nitrogen and oxygen atoms in total. The number of rotatable bonds is 8. The van der Waals surface area contributed by atoms with Crippen molar-refractivity contribution < 1.29 is 22.7 Å². The summed E-state index contributed by atoms with van der Waals surface area (Å²) in [6.07, 6.45) is 0.0845. The van der Waals surface area contributed by atoms with Crippen LogP contribution in [0.4, 0.5) is 4.79 Å². The normalized spacial score (nSPS) is 12.5. The van der Waals surface area contributed by atoms with Crippen LogP contribution in [0, 0.1) is 0 Å². The van der Waals surface area contributed by atoms with Gasteiger partial charge in [0.1, 0.15) is 12.4 Å². The Bertz CT molecular complexity index is 568. The molecular formula is C15H23NO5S. The molecule has 0 aliphatic rings. The second-order valence-electron chi connectivity index (χ2n) is 4.73. The molecule has 0 heterocycles. The molecule has 0 aliphatic carbocycles. The van der Waals surface area contributed by atoms with Crippen LogP contribution in [-0.2, 0) is 14.6 Å². The molecule has 0 bridgehead atoms. The summed E-state index contributed by atoms with van der Waals surface area (Å²) in [4.78, 5) is 11.3. The van der Waals surface area contributed by atoms with Gasteiger partial charge in [-0.3, -0.25) is 0 Å². The van der Waals surface area contributed by atoms with Crippen LogP contribution in [0.15, 0.2) is 29.2 Å². The molecule has 7 heteroatoms. The van der Waals surface area contributed by atoms with Crippen LogP contribution in [-0.4, -0.2) is 39.5 Å². The molecule has 0 aliphatic heterocycles. The van der Waals surface area contributed by atoms with Crippen molar-refractivity contribution in [3.8, 4) is 5.75 Å². The first-order chi connectivity index (χ1) is 10.4. The summed E-state index contributed by atoms with van der Waals surface area (Å²) >= 11 is 0. The van der Waals surface area contributed by atoms with E-state index in [0.717, 1.165) is 0 Å². The highest BCUT2D eigenvalue weighted by atomic mass is 32.2. The van der Waals surface area contributed by atoms with Gasteiger partial charge in [0.25, 0.3) is 0 Å². The van der Waals surface area contributed by atoms with E-state index >= 15 is 0 Å². The minimum absolute atomic E-state index is 0.274. The quantitative estimate of drug-likeness (QED) is 0.741. The largest absolute Gasteiger partial charge is 0.492 e. The summed E-state index contributed by atoms with van der Waals surface area (Å²) in [7, 11) is -3.28. The highest BCUT2D eigenvalue weighted by Gasteiger charge is 2.21. The van der Waals surface area contributed by atoms with E-state index in [1.807, 2.05) is 6.92 Å². The van der Waals surface area contributed by atoms with Gasteiger partial charge >= 0.3 is 6.09 Å². The van der Waals surface area contributed by atoms with Crippen LogP contribution in [0.2, 0.25) is 0 Å². The Balaban J connectivity index is 2.51. The number of nitrogens with one attached hydrogen (secondary N) is 1. The van der Waals surface area contributed by atoms with Gasteiger partial charge in [-0.2, -0.15) is 0 Å². The molecule has 0 fully saturated rings. The fraction of sp³-hybridized carbons (Fsp3) is 0.533. The van der Waals surface area contributed by atoms with Crippen molar-refractivity contribution in [2.45, 2.75) is 37.3 Å². The van der Waals surface area contributed by atoms with Crippen LogP contribution in [0.5, 0.6) is 5.75 Å². The van der Waals surface area contributed by atoms with Crippen LogP contribution in [0.25, 0.3) is 0 Å². The molecule has 1 aromatic rings. The Hall–Kier alpha value is -1.76. The minimum atomic E-state index is -3.28. The van der Waals surface area contributed by atoms with Gasteiger partial charge in [-0.25, -0.2) is 13.2 Å². The number of alkyl carbamates (subject to hydrolysis) is 1. The first-order valence-corrected chi connectivity index (χ1v) is 8.83. The van der Waals surface area contributed by atoms with Gasteiger partial charge in [-0.05, 0) is 44.5 Å². The van der Waals surface area contributed by atoms with Crippen molar-refractivity contribution in [3.05, 3.63) is 24.3 Å². The molecule has 124 valence electrons. The monoisotopic (exact) mass is 329 g/mol. The first kappa shape index (κ1) is 18.3. The Kier molecular flexibility index (Phi) is 7.17. The van der Waals surface area contributed by atoms with E-state index in [1.165, 1.54) is 12.1 Å². The van der Waals surface area contributed by atoms with Crippen molar-refractivity contribution >= 4 is 15.9 Å². The van der Waals surface area contributed by atoms with Crippen molar-refractivity contribution in [2.75, 3.05) is 19.8 Å². The van der Waals surface area contributed by atoms with Gasteiger partial charge in [0.05, 0.1) is 23.3 Å². The SMILES string of the molecule is CCOC(=O)NCCOc1ccc(S(=O)(=O)C(C)CC)cc1. The van der Waals surface area contributed by atoms with E-state index in [-0.39, 0.29) is 6.61 Å². The van der Waals surface area contributed by atoms with E-state index < -0.39 is 21.2 Å².